The Hall–Kier alpha value is -4.45. The summed E-state index contributed by atoms with van der Waals surface area (Å²) in [6, 6.07) is 12.5. The number of methoxy groups -OCH3 is 2. The molecule has 2 heterocycles. The number of rotatable bonds is 7. The summed E-state index contributed by atoms with van der Waals surface area (Å²) in [4.78, 5) is 32.3. The van der Waals surface area contributed by atoms with Crippen LogP contribution in [0.25, 0.3) is 0 Å². The summed E-state index contributed by atoms with van der Waals surface area (Å²) < 4.78 is 15.4. The molecule has 0 spiro atoms. The van der Waals surface area contributed by atoms with Crippen molar-refractivity contribution in [2.45, 2.75) is 58.0 Å². The maximum atomic E-state index is 12.0. The molecule has 1 N–H and O–H groups in total. The van der Waals surface area contributed by atoms with Gasteiger partial charge in [-0.3, -0.25) is 9.97 Å². The number of hydrogen-bond acceptors (Lipinski definition) is 9. The molecule has 0 bridgehead atoms. The van der Waals surface area contributed by atoms with Crippen LogP contribution < -0.4 is 4.74 Å². The first-order chi connectivity index (χ1) is 18.7. The summed E-state index contributed by atoms with van der Waals surface area (Å²) in [5.41, 5.74) is 5.22. The summed E-state index contributed by atoms with van der Waals surface area (Å²) in [5.74, 6) is 0.486. The summed E-state index contributed by atoms with van der Waals surface area (Å²) in [6.45, 7) is 3.90. The van der Waals surface area contributed by atoms with Crippen LogP contribution in [0.4, 0.5) is 0 Å². The molecule has 0 atom stereocenters. The number of nitriles is 1. The Morgan fingerprint density at radius 2 is 1.49 bits per heavy atom. The molecule has 0 aliphatic heterocycles. The molecule has 9 heteroatoms. The van der Waals surface area contributed by atoms with E-state index in [-0.39, 0.29) is 11.7 Å². The van der Waals surface area contributed by atoms with E-state index in [4.69, 9.17) is 14.7 Å². The van der Waals surface area contributed by atoms with Crippen molar-refractivity contribution in [1.82, 2.24) is 9.97 Å². The molecule has 2 aliphatic rings. The minimum absolute atomic E-state index is 0.0415. The van der Waals surface area contributed by atoms with Crippen LogP contribution >= 0.6 is 0 Å². The molecular formula is C30H31N3O6. The van der Waals surface area contributed by atoms with Crippen LogP contribution in [0.3, 0.4) is 0 Å². The van der Waals surface area contributed by atoms with Gasteiger partial charge in [-0.15, -0.1) is 0 Å². The fraction of sp³-hybridized carbons (Fsp3) is 0.367. The van der Waals surface area contributed by atoms with Gasteiger partial charge in [0, 0.05) is 11.8 Å². The summed E-state index contributed by atoms with van der Waals surface area (Å²) in [7, 11) is 2.70. The quantitative estimate of drug-likeness (QED) is 0.407. The molecule has 0 amide bonds. The number of ether oxygens (including phenoxy) is 3. The molecule has 2 fully saturated rings. The largest absolute Gasteiger partial charge is 0.506 e. The maximum Gasteiger partial charge on any atom is 0.339 e. The van der Waals surface area contributed by atoms with Crippen LogP contribution in [-0.2, 0) is 16.1 Å². The number of benzene rings is 1. The lowest BCUT2D eigenvalue weighted by molar-refractivity contribution is 0.0589. The third kappa shape index (κ3) is 6.71. The average Bonchev–Trinajstić information content (AvgIpc) is 3.87. The fourth-order valence-corrected chi connectivity index (χ4v) is 4.14. The van der Waals surface area contributed by atoms with E-state index < -0.39 is 5.97 Å². The lowest BCUT2D eigenvalue weighted by Gasteiger charge is -2.13. The number of aromatic hydroxyl groups is 1. The first-order valence-electron chi connectivity index (χ1n) is 12.8. The second kappa shape index (κ2) is 11.9. The smallest absolute Gasteiger partial charge is 0.339 e. The summed E-state index contributed by atoms with van der Waals surface area (Å²) in [6.07, 6.45) is 4.22. The third-order valence-corrected chi connectivity index (χ3v) is 6.60. The van der Waals surface area contributed by atoms with Gasteiger partial charge >= 0.3 is 11.9 Å². The van der Waals surface area contributed by atoms with E-state index in [1.807, 2.05) is 19.1 Å². The van der Waals surface area contributed by atoms with Crippen molar-refractivity contribution >= 4 is 11.9 Å². The van der Waals surface area contributed by atoms with Gasteiger partial charge < -0.3 is 19.3 Å². The molecule has 3 aromatic rings. The monoisotopic (exact) mass is 529 g/mol. The Labute approximate surface area is 227 Å². The number of aromatic nitrogens is 2. The number of pyridine rings is 2. The number of carbonyl (C=O) groups is 2. The lowest BCUT2D eigenvalue weighted by atomic mass is 10.1. The highest BCUT2D eigenvalue weighted by Crippen LogP contribution is 2.42. The van der Waals surface area contributed by atoms with Crippen molar-refractivity contribution in [3.63, 3.8) is 0 Å². The van der Waals surface area contributed by atoms with Crippen LogP contribution in [0.2, 0.25) is 0 Å². The van der Waals surface area contributed by atoms with Crippen molar-refractivity contribution in [1.29, 1.82) is 5.26 Å². The first kappa shape index (κ1) is 27.6. The number of carbonyl (C=O) groups excluding carboxylic acids is 2. The van der Waals surface area contributed by atoms with Gasteiger partial charge in [0.05, 0.1) is 59.8 Å². The van der Waals surface area contributed by atoms with E-state index in [2.05, 4.69) is 20.8 Å². The number of hydrogen-bond donors (Lipinski definition) is 1. The molecule has 2 aliphatic carbocycles. The molecule has 0 saturated heterocycles. The van der Waals surface area contributed by atoms with Gasteiger partial charge in [0.15, 0.2) is 0 Å². The van der Waals surface area contributed by atoms with Crippen LogP contribution in [0.1, 0.15) is 92.1 Å². The Morgan fingerprint density at radius 1 is 0.923 bits per heavy atom. The molecule has 9 nitrogen and oxygen atoms in total. The Morgan fingerprint density at radius 3 is 2.03 bits per heavy atom. The SMILES string of the molecule is COC(=O)c1cc(O)c(C)nc1C1CC1.COC(=O)c1cc(OCc2cccc(C#N)c2)c(C)nc1C1CC1. The van der Waals surface area contributed by atoms with Gasteiger partial charge in [0.2, 0.25) is 0 Å². The van der Waals surface area contributed by atoms with Gasteiger partial charge in [-0.1, -0.05) is 12.1 Å². The van der Waals surface area contributed by atoms with Gasteiger partial charge in [-0.25, -0.2) is 9.59 Å². The summed E-state index contributed by atoms with van der Waals surface area (Å²) in [5, 5.41) is 18.5. The van der Waals surface area contributed by atoms with Gasteiger partial charge in [-0.05, 0) is 69.4 Å². The van der Waals surface area contributed by atoms with Crippen molar-refractivity contribution in [3.05, 3.63) is 81.4 Å². The van der Waals surface area contributed by atoms with Crippen molar-refractivity contribution in [2.75, 3.05) is 14.2 Å². The molecule has 39 heavy (non-hydrogen) atoms. The molecule has 5 rings (SSSR count). The second-order valence-electron chi connectivity index (χ2n) is 9.66. The van der Waals surface area contributed by atoms with E-state index in [9.17, 15) is 14.7 Å². The zero-order chi connectivity index (χ0) is 28.1. The highest BCUT2D eigenvalue weighted by atomic mass is 16.5. The predicted octanol–water partition coefficient (Wildman–Crippen LogP) is 5.26. The van der Waals surface area contributed by atoms with Crippen LogP contribution in [0.15, 0.2) is 36.4 Å². The highest BCUT2D eigenvalue weighted by molar-refractivity contribution is 5.92. The standard InChI is InChI=1S/C19H18N2O3.C11H13NO3/c1-12-17(24-11-14-5-3-4-13(8-14)10-20)9-16(19(22)23-2)18(21-12)15-6-7-15;1-6-9(13)5-8(11(14)15-2)10(12-6)7-3-4-7/h3-5,8-9,15H,6-7,11H2,1-2H3;5,7,13H,3-4H2,1-2H3. The summed E-state index contributed by atoms with van der Waals surface area (Å²) >= 11 is 0. The average molecular weight is 530 g/mol. The zero-order valence-electron chi connectivity index (χ0n) is 22.5. The molecular weight excluding hydrogens is 498 g/mol. The van der Waals surface area contributed by atoms with E-state index in [0.29, 0.717) is 46.6 Å². The number of esters is 2. The Kier molecular flexibility index (Phi) is 8.45. The maximum absolute atomic E-state index is 12.0. The molecule has 0 unspecified atom stereocenters. The van der Waals surface area contributed by atoms with Crippen molar-refractivity contribution in [3.8, 4) is 17.6 Å². The van der Waals surface area contributed by atoms with E-state index >= 15 is 0 Å². The fourth-order valence-electron chi connectivity index (χ4n) is 4.14. The highest BCUT2D eigenvalue weighted by Gasteiger charge is 2.32. The first-order valence-corrected chi connectivity index (χ1v) is 12.8. The normalized spacial score (nSPS) is 13.9. The van der Waals surface area contributed by atoms with Crippen molar-refractivity contribution in [2.24, 2.45) is 0 Å². The number of nitrogens with zero attached hydrogens (tertiary/aromatic N) is 3. The number of aryl methyl sites for hydroxylation is 2. The second-order valence-corrected chi connectivity index (χ2v) is 9.66. The van der Waals surface area contributed by atoms with Crippen LogP contribution in [-0.4, -0.2) is 41.2 Å². The molecule has 2 saturated carbocycles. The molecule has 2 aromatic heterocycles. The van der Waals surface area contributed by atoms with Gasteiger partial charge in [0.25, 0.3) is 0 Å². The topological polar surface area (TPSA) is 132 Å². The van der Waals surface area contributed by atoms with Gasteiger partial charge in [-0.2, -0.15) is 5.26 Å². The molecule has 202 valence electrons. The minimum Gasteiger partial charge on any atom is -0.506 e. The van der Waals surface area contributed by atoms with Crippen LogP contribution in [0.5, 0.6) is 11.5 Å². The van der Waals surface area contributed by atoms with E-state index in [0.717, 1.165) is 48.3 Å². The third-order valence-electron chi connectivity index (χ3n) is 6.60. The van der Waals surface area contributed by atoms with Crippen LogP contribution in [0, 0.1) is 25.2 Å². The Balaban J connectivity index is 0.000000202. The Bertz CT molecular complexity index is 1440. The molecule has 0 radical (unpaired) electrons. The molecule has 1 aromatic carbocycles. The predicted molar refractivity (Wildman–Crippen MR) is 142 cm³/mol. The van der Waals surface area contributed by atoms with E-state index in [1.54, 1.807) is 25.1 Å². The van der Waals surface area contributed by atoms with E-state index in [1.165, 1.54) is 20.3 Å². The zero-order valence-corrected chi connectivity index (χ0v) is 22.5. The van der Waals surface area contributed by atoms with Gasteiger partial charge in [0.1, 0.15) is 18.1 Å². The minimum atomic E-state index is -0.431. The lowest BCUT2D eigenvalue weighted by Crippen LogP contribution is -2.10. The van der Waals surface area contributed by atoms with Crippen molar-refractivity contribution < 1.29 is 28.9 Å².